The van der Waals surface area contributed by atoms with E-state index in [1.807, 2.05) is 36.4 Å². The third-order valence-electron chi connectivity index (χ3n) is 4.07. The molecule has 1 aliphatic rings. The van der Waals surface area contributed by atoms with Crippen LogP contribution < -0.4 is 15.8 Å². The van der Waals surface area contributed by atoms with Gasteiger partial charge in [0.05, 0.1) is 13.2 Å². The van der Waals surface area contributed by atoms with Gasteiger partial charge in [-0.05, 0) is 47.7 Å². The third-order valence-corrected chi connectivity index (χ3v) is 4.07. The SMILES string of the molecule is COc1cccc(C(N)c2ccc3c(c2)CCCC(=O)N3)c1. The number of ether oxygens (including phenoxy) is 1. The fourth-order valence-corrected chi connectivity index (χ4v) is 2.82. The Hall–Kier alpha value is -2.33. The van der Waals surface area contributed by atoms with E-state index in [9.17, 15) is 4.79 Å². The van der Waals surface area contributed by atoms with Gasteiger partial charge in [0.2, 0.25) is 5.91 Å². The highest BCUT2D eigenvalue weighted by Gasteiger charge is 2.16. The fraction of sp³-hybridized carbons (Fsp3) is 0.278. The number of fused-ring (bicyclic) bond motifs is 1. The van der Waals surface area contributed by atoms with Crippen LogP contribution in [0.5, 0.6) is 5.75 Å². The number of benzene rings is 2. The molecule has 0 radical (unpaired) electrons. The molecule has 4 heteroatoms. The Labute approximate surface area is 130 Å². The maximum Gasteiger partial charge on any atom is 0.224 e. The van der Waals surface area contributed by atoms with E-state index >= 15 is 0 Å². The summed E-state index contributed by atoms with van der Waals surface area (Å²) in [6.07, 6.45) is 2.34. The van der Waals surface area contributed by atoms with Gasteiger partial charge in [0.15, 0.2) is 0 Å². The van der Waals surface area contributed by atoms with Gasteiger partial charge in [-0.15, -0.1) is 0 Å². The zero-order valence-electron chi connectivity index (χ0n) is 12.6. The molecule has 1 amide bonds. The van der Waals surface area contributed by atoms with E-state index in [-0.39, 0.29) is 11.9 Å². The van der Waals surface area contributed by atoms with Gasteiger partial charge in [-0.2, -0.15) is 0 Å². The first-order valence-electron chi connectivity index (χ1n) is 7.49. The average molecular weight is 296 g/mol. The van der Waals surface area contributed by atoms with Gasteiger partial charge in [0.25, 0.3) is 0 Å². The molecule has 3 rings (SSSR count). The summed E-state index contributed by atoms with van der Waals surface area (Å²) in [5.74, 6) is 0.888. The normalized spacial score (nSPS) is 15.5. The van der Waals surface area contributed by atoms with Crippen LogP contribution in [0, 0.1) is 0 Å². The number of hydrogen-bond donors (Lipinski definition) is 2. The lowest BCUT2D eigenvalue weighted by molar-refractivity contribution is -0.116. The Morgan fingerprint density at radius 1 is 1.14 bits per heavy atom. The number of carbonyl (C=O) groups is 1. The number of nitrogens with two attached hydrogens (primary N) is 1. The molecule has 1 atom stereocenters. The number of methoxy groups -OCH3 is 1. The van der Waals surface area contributed by atoms with Gasteiger partial charge in [0.1, 0.15) is 5.75 Å². The largest absolute Gasteiger partial charge is 0.497 e. The summed E-state index contributed by atoms with van der Waals surface area (Å²) < 4.78 is 5.26. The molecule has 0 aliphatic carbocycles. The van der Waals surface area contributed by atoms with Gasteiger partial charge in [-0.3, -0.25) is 4.79 Å². The minimum Gasteiger partial charge on any atom is -0.497 e. The lowest BCUT2D eigenvalue weighted by atomic mass is 9.96. The van der Waals surface area contributed by atoms with Crippen molar-refractivity contribution in [2.75, 3.05) is 12.4 Å². The van der Waals surface area contributed by atoms with Crippen molar-refractivity contribution in [2.45, 2.75) is 25.3 Å². The first-order chi connectivity index (χ1) is 10.7. The van der Waals surface area contributed by atoms with Crippen LogP contribution in [0.25, 0.3) is 0 Å². The van der Waals surface area contributed by atoms with Crippen molar-refractivity contribution in [3.63, 3.8) is 0 Å². The molecular weight excluding hydrogens is 276 g/mol. The van der Waals surface area contributed by atoms with Crippen molar-refractivity contribution in [1.82, 2.24) is 0 Å². The van der Waals surface area contributed by atoms with Crippen LogP contribution in [0.4, 0.5) is 5.69 Å². The van der Waals surface area contributed by atoms with Crippen LogP contribution in [0.2, 0.25) is 0 Å². The summed E-state index contributed by atoms with van der Waals surface area (Å²) >= 11 is 0. The molecule has 0 saturated carbocycles. The van der Waals surface area contributed by atoms with Crippen LogP contribution in [0.1, 0.15) is 35.6 Å². The molecule has 2 aromatic rings. The van der Waals surface area contributed by atoms with E-state index in [1.165, 1.54) is 0 Å². The second-order valence-corrected chi connectivity index (χ2v) is 5.57. The predicted molar refractivity (Wildman–Crippen MR) is 87.0 cm³/mol. The number of anilines is 1. The summed E-state index contributed by atoms with van der Waals surface area (Å²) in [4.78, 5) is 11.6. The second-order valence-electron chi connectivity index (χ2n) is 5.57. The molecule has 3 N–H and O–H groups in total. The average Bonchev–Trinajstić information content (AvgIpc) is 2.74. The summed E-state index contributed by atoms with van der Waals surface area (Å²) in [6, 6.07) is 13.6. The number of rotatable bonds is 3. The minimum atomic E-state index is -0.209. The summed E-state index contributed by atoms with van der Waals surface area (Å²) in [5.41, 5.74) is 10.5. The Kier molecular flexibility index (Phi) is 4.11. The molecular formula is C18H20N2O2. The van der Waals surface area contributed by atoms with E-state index < -0.39 is 0 Å². The van der Waals surface area contributed by atoms with Crippen molar-refractivity contribution in [1.29, 1.82) is 0 Å². The minimum absolute atomic E-state index is 0.0867. The van der Waals surface area contributed by atoms with Crippen molar-refractivity contribution in [2.24, 2.45) is 5.73 Å². The second kappa shape index (κ2) is 6.20. The van der Waals surface area contributed by atoms with Gasteiger partial charge < -0.3 is 15.8 Å². The lowest BCUT2D eigenvalue weighted by Crippen LogP contribution is -2.13. The Morgan fingerprint density at radius 2 is 1.95 bits per heavy atom. The Morgan fingerprint density at radius 3 is 2.77 bits per heavy atom. The molecule has 4 nitrogen and oxygen atoms in total. The molecule has 0 fully saturated rings. The maximum atomic E-state index is 11.6. The van der Waals surface area contributed by atoms with Crippen LogP contribution in [0.3, 0.4) is 0 Å². The number of carbonyl (C=O) groups excluding carboxylic acids is 1. The van der Waals surface area contributed by atoms with E-state index in [1.54, 1.807) is 7.11 Å². The quantitative estimate of drug-likeness (QED) is 0.915. The molecule has 2 aromatic carbocycles. The van der Waals surface area contributed by atoms with Gasteiger partial charge >= 0.3 is 0 Å². The first-order valence-corrected chi connectivity index (χ1v) is 7.49. The fourth-order valence-electron chi connectivity index (χ4n) is 2.82. The summed E-state index contributed by atoms with van der Waals surface area (Å²) in [5, 5.41) is 2.95. The molecule has 0 bridgehead atoms. The monoisotopic (exact) mass is 296 g/mol. The molecule has 1 aliphatic heterocycles. The predicted octanol–water partition coefficient (Wildman–Crippen LogP) is 3.02. The highest BCUT2D eigenvalue weighted by atomic mass is 16.5. The molecule has 1 heterocycles. The van der Waals surface area contributed by atoms with Crippen molar-refractivity contribution >= 4 is 11.6 Å². The van der Waals surface area contributed by atoms with Crippen LogP contribution in [-0.2, 0) is 11.2 Å². The van der Waals surface area contributed by atoms with Gasteiger partial charge in [0, 0.05) is 12.1 Å². The van der Waals surface area contributed by atoms with Crippen molar-refractivity contribution in [3.05, 3.63) is 59.2 Å². The maximum absolute atomic E-state index is 11.6. The highest BCUT2D eigenvalue weighted by Crippen LogP contribution is 2.28. The third kappa shape index (κ3) is 2.97. The first kappa shape index (κ1) is 14.6. The number of hydrogen-bond acceptors (Lipinski definition) is 3. The van der Waals surface area contributed by atoms with Crippen LogP contribution in [0.15, 0.2) is 42.5 Å². The van der Waals surface area contributed by atoms with Gasteiger partial charge in [-0.1, -0.05) is 24.3 Å². The molecule has 1 unspecified atom stereocenters. The lowest BCUT2D eigenvalue weighted by Gasteiger charge is -2.16. The van der Waals surface area contributed by atoms with Crippen molar-refractivity contribution < 1.29 is 9.53 Å². The topological polar surface area (TPSA) is 64.3 Å². The summed E-state index contributed by atoms with van der Waals surface area (Å²) in [6.45, 7) is 0. The van der Waals surface area contributed by atoms with Crippen molar-refractivity contribution in [3.8, 4) is 5.75 Å². The number of nitrogens with one attached hydrogen (secondary N) is 1. The molecule has 0 aromatic heterocycles. The molecule has 0 spiro atoms. The van der Waals surface area contributed by atoms with Gasteiger partial charge in [-0.25, -0.2) is 0 Å². The highest BCUT2D eigenvalue weighted by molar-refractivity contribution is 5.92. The van der Waals surface area contributed by atoms with E-state index in [0.717, 1.165) is 41.0 Å². The number of amides is 1. The van der Waals surface area contributed by atoms with E-state index in [0.29, 0.717) is 6.42 Å². The zero-order valence-corrected chi connectivity index (χ0v) is 12.6. The molecule has 114 valence electrons. The Balaban J connectivity index is 1.91. The Bertz CT molecular complexity index is 697. The smallest absolute Gasteiger partial charge is 0.224 e. The summed E-state index contributed by atoms with van der Waals surface area (Å²) in [7, 11) is 1.65. The van der Waals surface area contributed by atoms with E-state index in [4.69, 9.17) is 10.5 Å². The zero-order chi connectivity index (χ0) is 15.5. The van der Waals surface area contributed by atoms with Crippen LogP contribution >= 0.6 is 0 Å². The standard InChI is InChI=1S/C18H20N2O2/c1-22-15-6-2-5-13(11-15)18(19)14-8-9-16-12(10-14)4-3-7-17(21)20-16/h2,5-6,8-11,18H,3-4,7,19H2,1H3,(H,20,21). The van der Waals surface area contributed by atoms with E-state index in [2.05, 4.69) is 11.4 Å². The number of aryl methyl sites for hydroxylation is 1. The molecule has 22 heavy (non-hydrogen) atoms. The molecule has 0 saturated heterocycles. The van der Waals surface area contributed by atoms with Crippen LogP contribution in [-0.4, -0.2) is 13.0 Å².